The first-order valence-corrected chi connectivity index (χ1v) is 9.51. The van der Waals surface area contributed by atoms with E-state index in [0.29, 0.717) is 0 Å². The zero-order valence-corrected chi connectivity index (χ0v) is 18.6. The van der Waals surface area contributed by atoms with Gasteiger partial charge in [0.2, 0.25) is 0 Å². The van der Waals surface area contributed by atoms with Crippen molar-refractivity contribution in [2.45, 2.75) is 32.7 Å². The Morgan fingerprint density at radius 1 is 1.23 bits per heavy atom. The highest BCUT2D eigenvalue weighted by atomic mass is 127. The lowest BCUT2D eigenvalue weighted by molar-refractivity contribution is 0.0123. The van der Waals surface area contributed by atoms with Gasteiger partial charge in [-0.25, -0.2) is 0 Å². The largest absolute Gasteiger partial charge is 0.465 e. The monoisotopic (exact) mass is 476 g/mol. The first-order chi connectivity index (χ1) is 12.2. The highest BCUT2D eigenvalue weighted by Crippen LogP contribution is 2.23. The Morgan fingerprint density at radius 2 is 1.92 bits per heavy atom. The minimum Gasteiger partial charge on any atom is -0.465 e. The number of rotatable bonds is 4. The molecule has 7 heteroatoms. The molecule has 0 aliphatic carbocycles. The summed E-state index contributed by atoms with van der Waals surface area (Å²) in [4.78, 5) is 9.33. The maximum atomic E-state index is 5.95. The number of piperidine rings is 1. The molecule has 0 bridgehead atoms. The number of morpholine rings is 1. The molecule has 0 radical (unpaired) electrons. The van der Waals surface area contributed by atoms with E-state index in [1.54, 1.807) is 0 Å². The molecule has 0 spiro atoms. The molecule has 1 aromatic heterocycles. The minimum atomic E-state index is 0. The van der Waals surface area contributed by atoms with E-state index >= 15 is 0 Å². The molecule has 6 nitrogen and oxygen atoms in total. The number of nitrogens with zero attached hydrogens (tertiary/aromatic N) is 3. The number of guanidine groups is 1. The third-order valence-corrected chi connectivity index (χ3v) is 5.32. The van der Waals surface area contributed by atoms with Gasteiger partial charge in [-0.3, -0.25) is 9.89 Å². The van der Waals surface area contributed by atoms with Crippen molar-refractivity contribution in [3.63, 3.8) is 0 Å². The standard InChI is InChI=1S/C19H32N4O2.HI/c1-15-6-8-23(9-7-15)19(20-3)21-14-17(18-5-4-16(2)25-18)22-10-12-24-13-11-22;/h4-5,15,17H,6-14H2,1-3H3,(H,20,21);1H. The molecule has 148 valence electrons. The number of likely N-dealkylation sites (tertiary alicyclic amines) is 1. The van der Waals surface area contributed by atoms with Gasteiger partial charge in [-0.2, -0.15) is 0 Å². The molecule has 1 N–H and O–H groups in total. The quantitative estimate of drug-likeness (QED) is 0.412. The summed E-state index contributed by atoms with van der Waals surface area (Å²) in [5, 5.41) is 3.59. The van der Waals surface area contributed by atoms with Gasteiger partial charge in [-0.1, -0.05) is 6.92 Å². The lowest BCUT2D eigenvalue weighted by Crippen LogP contribution is -2.49. The van der Waals surface area contributed by atoms with Crippen molar-refractivity contribution in [3.05, 3.63) is 23.7 Å². The molecule has 26 heavy (non-hydrogen) atoms. The summed E-state index contributed by atoms with van der Waals surface area (Å²) in [5.41, 5.74) is 0. The first kappa shape index (κ1) is 21.5. The van der Waals surface area contributed by atoms with Crippen LogP contribution >= 0.6 is 24.0 Å². The van der Waals surface area contributed by atoms with Crippen LogP contribution < -0.4 is 5.32 Å². The topological polar surface area (TPSA) is 53.2 Å². The van der Waals surface area contributed by atoms with E-state index in [4.69, 9.17) is 9.15 Å². The van der Waals surface area contributed by atoms with Gasteiger partial charge in [0.1, 0.15) is 11.5 Å². The summed E-state index contributed by atoms with van der Waals surface area (Å²) in [6, 6.07) is 4.35. The van der Waals surface area contributed by atoms with E-state index in [0.717, 1.165) is 69.3 Å². The SMILES string of the molecule is CN=C(NCC(c1ccc(C)o1)N1CCOCC1)N1CCC(C)CC1.I. The Kier molecular flexibility index (Phi) is 8.69. The van der Waals surface area contributed by atoms with Crippen LogP contribution in [0.25, 0.3) is 0 Å². The van der Waals surface area contributed by atoms with E-state index < -0.39 is 0 Å². The second-order valence-corrected chi connectivity index (χ2v) is 7.21. The maximum absolute atomic E-state index is 5.95. The number of furan rings is 1. The number of halogens is 1. The normalized spacial score (nSPS) is 21.3. The molecule has 1 aromatic rings. The average Bonchev–Trinajstić information content (AvgIpc) is 3.07. The summed E-state index contributed by atoms with van der Waals surface area (Å²) in [6.45, 7) is 10.8. The van der Waals surface area contributed by atoms with Gasteiger partial charge in [0, 0.05) is 39.8 Å². The molecular formula is C19H33IN4O2. The lowest BCUT2D eigenvalue weighted by atomic mass is 9.99. The smallest absolute Gasteiger partial charge is 0.193 e. The van der Waals surface area contributed by atoms with Crippen LogP contribution in [0.15, 0.2) is 21.5 Å². The predicted octanol–water partition coefficient (Wildman–Crippen LogP) is 2.89. The Balaban J connectivity index is 0.00000243. The second-order valence-electron chi connectivity index (χ2n) is 7.21. The predicted molar refractivity (Wildman–Crippen MR) is 115 cm³/mol. The highest BCUT2D eigenvalue weighted by molar-refractivity contribution is 14.0. The van der Waals surface area contributed by atoms with Crippen molar-refractivity contribution in [1.82, 2.24) is 15.1 Å². The van der Waals surface area contributed by atoms with Crippen LogP contribution in [0.2, 0.25) is 0 Å². The van der Waals surface area contributed by atoms with Crippen molar-refractivity contribution in [1.29, 1.82) is 0 Å². The fraction of sp³-hybridized carbons (Fsp3) is 0.737. The molecular weight excluding hydrogens is 443 g/mol. The van der Waals surface area contributed by atoms with Crippen molar-refractivity contribution in [3.8, 4) is 0 Å². The Labute approximate surface area is 174 Å². The van der Waals surface area contributed by atoms with Crippen LogP contribution in [0, 0.1) is 12.8 Å². The van der Waals surface area contributed by atoms with E-state index in [1.165, 1.54) is 12.8 Å². The van der Waals surface area contributed by atoms with E-state index in [2.05, 4.69) is 33.1 Å². The molecule has 0 amide bonds. The molecule has 2 aliphatic rings. The Bertz CT molecular complexity index is 564. The van der Waals surface area contributed by atoms with Gasteiger partial charge in [-0.15, -0.1) is 24.0 Å². The number of nitrogens with one attached hydrogen (secondary N) is 1. The summed E-state index contributed by atoms with van der Waals surface area (Å²) in [6.07, 6.45) is 2.48. The number of hydrogen-bond donors (Lipinski definition) is 1. The first-order valence-electron chi connectivity index (χ1n) is 9.51. The van der Waals surface area contributed by atoms with Gasteiger partial charge in [0.05, 0.1) is 19.3 Å². The number of aryl methyl sites for hydroxylation is 1. The number of aliphatic imine (C=N–C) groups is 1. The number of ether oxygens (including phenoxy) is 1. The number of hydrogen-bond acceptors (Lipinski definition) is 4. The molecule has 1 atom stereocenters. The molecule has 0 aromatic carbocycles. The molecule has 2 fully saturated rings. The van der Waals surface area contributed by atoms with E-state index in [-0.39, 0.29) is 30.0 Å². The van der Waals surface area contributed by atoms with Gasteiger partial charge < -0.3 is 19.4 Å². The van der Waals surface area contributed by atoms with Gasteiger partial charge in [0.15, 0.2) is 5.96 Å². The van der Waals surface area contributed by atoms with Gasteiger partial charge >= 0.3 is 0 Å². The van der Waals surface area contributed by atoms with Crippen LogP contribution in [-0.2, 0) is 4.74 Å². The Morgan fingerprint density at radius 3 is 2.50 bits per heavy atom. The third kappa shape index (κ3) is 5.60. The third-order valence-electron chi connectivity index (χ3n) is 5.32. The summed E-state index contributed by atoms with van der Waals surface area (Å²) >= 11 is 0. The van der Waals surface area contributed by atoms with Crippen molar-refractivity contribution < 1.29 is 9.15 Å². The van der Waals surface area contributed by atoms with Crippen molar-refractivity contribution in [2.75, 3.05) is 53.0 Å². The molecule has 2 aliphatic heterocycles. The molecule has 2 saturated heterocycles. The van der Waals surface area contributed by atoms with Gasteiger partial charge in [0.25, 0.3) is 0 Å². The van der Waals surface area contributed by atoms with Crippen LogP contribution in [-0.4, -0.2) is 68.7 Å². The highest BCUT2D eigenvalue weighted by Gasteiger charge is 2.26. The molecule has 0 saturated carbocycles. The fourth-order valence-electron chi connectivity index (χ4n) is 3.67. The van der Waals surface area contributed by atoms with Crippen molar-refractivity contribution >= 4 is 29.9 Å². The van der Waals surface area contributed by atoms with E-state index in [1.807, 2.05) is 20.0 Å². The summed E-state index contributed by atoms with van der Waals surface area (Å²) < 4.78 is 11.5. The molecule has 3 rings (SSSR count). The van der Waals surface area contributed by atoms with Gasteiger partial charge in [-0.05, 0) is 37.8 Å². The van der Waals surface area contributed by atoms with E-state index in [9.17, 15) is 0 Å². The summed E-state index contributed by atoms with van der Waals surface area (Å²) in [5.74, 6) is 3.81. The minimum absolute atomic E-state index is 0. The van der Waals surface area contributed by atoms with Crippen LogP contribution in [0.1, 0.15) is 37.3 Å². The Hall–Kier alpha value is -0.800. The maximum Gasteiger partial charge on any atom is 0.193 e. The van der Waals surface area contributed by atoms with Crippen LogP contribution in [0.3, 0.4) is 0 Å². The van der Waals surface area contributed by atoms with Crippen molar-refractivity contribution in [2.24, 2.45) is 10.9 Å². The summed E-state index contributed by atoms with van der Waals surface area (Å²) in [7, 11) is 1.88. The average molecular weight is 476 g/mol. The zero-order chi connectivity index (χ0) is 17.6. The lowest BCUT2D eigenvalue weighted by Gasteiger charge is -2.36. The fourth-order valence-corrected chi connectivity index (χ4v) is 3.67. The zero-order valence-electron chi connectivity index (χ0n) is 16.2. The second kappa shape index (κ2) is 10.5. The van der Waals surface area contributed by atoms with Crippen LogP contribution in [0.4, 0.5) is 0 Å². The molecule has 1 unspecified atom stereocenters. The van der Waals surface area contributed by atoms with Crippen LogP contribution in [0.5, 0.6) is 0 Å². The molecule has 3 heterocycles.